The molecule has 0 saturated heterocycles. The molecule has 3 N–H and O–H groups in total. The Labute approximate surface area is 124 Å². The summed E-state index contributed by atoms with van der Waals surface area (Å²) >= 11 is 6.19. The number of nitrogens with zero attached hydrogens (tertiary/aromatic N) is 2. The first-order valence-electron chi connectivity index (χ1n) is 6.88. The molecule has 0 aliphatic rings. The summed E-state index contributed by atoms with van der Waals surface area (Å²) < 4.78 is 2.17. The zero-order chi connectivity index (χ0) is 14.5. The third kappa shape index (κ3) is 3.20. The van der Waals surface area contributed by atoms with Crippen LogP contribution in [0.25, 0.3) is 0 Å². The number of imidazole rings is 1. The standard InChI is InChI=1S/C15H21ClN4/c1-3-8-20-9-7-18-15(20)10-14(19-17)12-5-4-6-13(16)11(12)2/h4-7,9,14,19H,3,8,10,17H2,1-2H3. The monoisotopic (exact) mass is 292 g/mol. The largest absolute Gasteiger partial charge is 0.335 e. The Morgan fingerprint density at radius 2 is 2.25 bits per heavy atom. The molecular formula is C15H21ClN4. The number of aromatic nitrogens is 2. The lowest BCUT2D eigenvalue weighted by molar-refractivity contribution is 0.515. The summed E-state index contributed by atoms with van der Waals surface area (Å²) in [5.41, 5.74) is 5.06. The van der Waals surface area contributed by atoms with Crippen molar-refractivity contribution in [2.24, 2.45) is 5.84 Å². The highest BCUT2D eigenvalue weighted by Crippen LogP contribution is 2.25. The van der Waals surface area contributed by atoms with Crippen molar-refractivity contribution in [1.82, 2.24) is 15.0 Å². The van der Waals surface area contributed by atoms with Gasteiger partial charge in [0.05, 0.1) is 6.04 Å². The Morgan fingerprint density at radius 1 is 1.45 bits per heavy atom. The van der Waals surface area contributed by atoms with Gasteiger partial charge in [-0.25, -0.2) is 4.98 Å². The summed E-state index contributed by atoms with van der Waals surface area (Å²) in [6.07, 6.45) is 5.67. The molecule has 2 rings (SSSR count). The molecule has 0 fully saturated rings. The molecule has 2 aromatic rings. The van der Waals surface area contributed by atoms with E-state index in [-0.39, 0.29) is 6.04 Å². The molecule has 1 unspecified atom stereocenters. The Bertz CT molecular complexity index is 565. The molecule has 0 saturated carbocycles. The Balaban J connectivity index is 2.24. The number of hydrazine groups is 1. The predicted molar refractivity (Wildman–Crippen MR) is 82.5 cm³/mol. The Morgan fingerprint density at radius 3 is 2.95 bits per heavy atom. The van der Waals surface area contributed by atoms with Crippen molar-refractivity contribution in [3.63, 3.8) is 0 Å². The molecular weight excluding hydrogens is 272 g/mol. The minimum Gasteiger partial charge on any atom is -0.335 e. The molecule has 0 amide bonds. The van der Waals surface area contributed by atoms with Crippen LogP contribution < -0.4 is 11.3 Å². The highest BCUT2D eigenvalue weighted by atomic mass is 35.5. The van der Waals surface area contributed by atoms with E-state index in [1.807, 2.05) is 31.5 Å². The molecule has 0 radical (unpaired) electrons. The van der Waals surface area contributed by atoms with E-state index in [1.54, 1.807) is 0 Å². The summed E-state index contributed by atoms with van der Waals surface area (Å²) in [6.45, 7) is 5.14. The van der Waals surface area contributed by atoms with Crippen LogP contribution in [0, 0.1) is 6.92 Å². The lowest BCUT2D eigenvalue weighted by Gasteiger charge is -2.19. The number of rotatable bonds is 6. The first-order chi connectivity index (χ1) is 9.67. The van der Waals surface area contributed by atoms with Crippen LogP contribution in [0.5, 0.6) is 0 Å². The Hall–Kier alpha value is -1.36. The van der Waals surface area contributed by atoms with Gasteiger partial charge in [-0.3, -0.25) is 11.3 Å². The van der Waals surface area contributed by atoms with Gasteiger partial charge < -0.3 is 4.57 Å². The van der Waals surface area contributed by atoms with Crippen molar-refractivity contribution in [2.45, 2.75) is 39.3 Å². The van der Waals surface area contributed by atoms with Crippen molar-refractivity contribution >= 4 is 11.6 Å². The second-order valence-electron chi connectivity index (χ2n) is 4.91. The minimum absolute atomic E-state index is 0.00621. The second-order valence-corrected chi connectivity index (χ2v) is 5.32. The van der Waals surface area contributed by atoms with Crippen molar-refractivity contribution < 1.29 is 0 Å². The fourth-order valence-electron chi connectivity index (χ4n) is 2.42. The number of hydrogen-bond acceptors (Lipinski definition) is 3. The smallest absolute Gasteiger partial charge is 0.110 e. The normalized spacial score (nSPS) is 12.6. The van der Waals surface area contributed by atoms with Crippen LogP contribution in [0.15, 0.2) is 30.6 Å². The van der Waals surface area contributed by atoms with Crippen LogP contribution in [0.1, 0.15) is 36.3 Å². The lowest BCUT2D eigenvalue weighted by Crippen LogP contribution is -2.31. The van der Waals surface area contributed by atoms with E-state index in [0.717, 1.165) is 41.4 Å². The maximum absolute atomic E-state index is 6.19. The molecule has 0 bridgehead atoms. The fourth-order valence-corrected chi connectivity index (χ4v) is 2.60. The van der Waals surface area contributed by atoms with Crippen LogP contribution in [0.4, 0.5) is 0 Å². The van der Waals surface area contributed by atoms with Crippen molar-refractivity contribution in [1.29, 1.82) is 0 Å². The summed E-state index contributed by atoms with van der Waals surface area (Å²) in [4.78, 5) is 4.43. The van der Waals surface area contributed by atoms with Crippen LogP contribution >= 0.6 is 11.6 Å². The quantitative estimate of drug-likeness (QED) is 0.636. The van der Waals surface area contributed by atoms with Crippen LogP contribution in [0.3, 0.4) is 0 Å². The van der Waals surface area contributed by atoms with Crippen molar-refractivity contribution in [3.05, 3.63) is 52.6 Å². The summed E-state index contributed by atoms with van der Waals surface area (Å²) in [5, 5.41) is 0.764. The highest BCUT2D eigenvalue weighted by molar-refractivity contribution is 6.31. The van der Waals surface area contributed by atoms with Gasteiger partial charge in [-0.2, -0.15) is 0 Å². The second kappa shape index (κ2) is 6.88. The van der Waals surface area contributed by atoms with Crippen LogP contribution in [0.2, 0.25) is 5.02 Å². The maximum atomic E-state index is 6.19. The number of halogens is 1. The van der Waals surface area contributed by atoms with Crippen LogP contribution in [-0.2, 0) is 13.0 Å². The molecule has 1 heterocycles. The predicted octanol–water partition coefficient (Wildman–Crippen LogP) is 3.00. The molecule has 1 atom stereocenters. The molecule has 20 heavy (non-hydrogen) atoms. The Kier molecular flexibility index (Phi) is 5.17. The van der Waals surface area contributed by atoms with E-state index in [9.17, 15) is 0 Å². The first kappa shape index (κ1) is 15.0. The molecule has 0 aliphatic carbocycles. The number of aryl methyl sites for hydroxylation is 1. The molecule has 0 spiro atoms. The molecule has 5 heteroatoms. The molecule has 1 aromatic carbocycles. The number of nitrogens with two attached hydrogens (primary N) is 1. The highest BCUT2D eigenvalue weighted by Gasteiger charge is 2.16. The van der Waals surface area contributed by atoms with Crippen molar-refractivity contribution in [2.75, 3.05) is 0 Å². The molecule has 0 aliphatic heterocycles. The zero-order valence-electron chi connectivity index (χ0n) is 11.9. The lowest BCUT2D eigenvalue weighted by atomic mass is 9.99. The average Bonchev–Trinajstić information content (AvgIpc) is 2.87. The van der Waals surface area contributed by atoms with Gasteiger partial charge in [-0.05, 0) is 30.5 Å². The van der Waals surface area contributed by atoms with E-state index < -0.39 is 0 Å². The van der Waals surface area contributed by atoms with Gasteiger partial charge in [0.15, 0.2) is 0 Å². The van der Waals surface area contributed by atoms with Gasteiger partial charge in [-0.15, -0.1) is 0 Å². The van der Waals surface area contributed by atoms with Gasteiger partial charge in [0, 0.05) is 30.4 Å². The summed E-state index contributed by atoms with van der Waals surface area (Å²) in [6, 6.07) is 5.91. The van der Waals surface area contributed by atoms with E-state index in [2.05, 4.69) is 28.0 Å². The summed E-state index contributed by atoms with van der Waals surface area (Å²) in [5.74, 6) is 6.77. The molecule has 1 aromatic heterocycles. The van der Waals surface area contributed by atoms with Gasteiger partial charge in [0.1, 0.15) is 5.82 Å². The van der Waals surface area contributed by atoms with Gasteiger partial charge in [-0.1, -0.05) is 30.7 Å². The number of nitrogens with one attached hydrogen (secondary N) is 1. The fraction of sp³-hybridized carbons (Fsp3) is 0.400. The van der Waals surface area contributed by atoms with E-state index in [1.165, 1.54) is 0 Å². The first-order valence-corrected chi connectivity index (χ1v) is 7.26. The number of benzene rings is 1. The van der Waals surface area contributed by atoms with Crippen LogP contribution in [-0.4, -0.2) is 9.55 Å². The van der Waals surface area contributed by atoms with E-state index in [4.69, 9.17) is 17.4 Å². The minimum atomic E-state index is 0.00621. The molecule has 4 nitrogen and oxygen atoms in total. The van der Waals surface area contributed by atoms with E-state index >= 15 is 0 Å². The maximum Gasteiger partial charge on any atom is 0.110 e. The van der Waals surface area contributed by atoms with Gasteiger partial charge in [0.2, 0.25) is 0 Å². The number of hydrogen-bond donors (Lipinski definition) is 2. The third-order valence-electron chi connectivity index (χ3n) is 3.54. The zero-order valence-corrected chi connectivity index (χ0v) is 12.7. The third-order valence-corrected chi connectivity index (χ3v) is 3.95. The summed E-state index contributed by atoms with van der Waals surface area (Å²) in [7, 11) is 0. The van der Waals surface area contributed by atoms with Gasteiger partial charge in [0.25, 0.3) is 0 Å². The van der Waals surface area contributed by atoms with Gasteiger partial charge >= 0.3 is 0 Å². The van der Waals surface area contributed by atoms with E-state index in [0.29, 0.717) is 0 Å². The molecule has 108 valence electrons. The topological polar surface area (TPSA) is 55.9 Å². The SMILES string of the molecule is CCCn1ccnc1CC(NN)c1cccc(Cl)c1C. The van der Waals surface area contributed by atoms with Crippen molar-refractivity contribution in [3.8, 4) is 0 Å². The average molecular weight is 293 g/mol.